The van der Waals surface area contributed by atoms with E-state index in [0.717, 1.165) is 5.56 Å². The summed E-state index contributed by atoms with van der Waals surface area (Å²) in [6.45, 7) is 1.21. The Labute approximate surface area is 378 Å². The Morgan fingerprint density at radius 3 is 1.32 bits per heavy atom. The smallest absolute Gasteiger partial charge is 0.326 e. The van der Waals surface area contributed by atoms with Crippen LogP contribution in [0.2, 0.25) is 0 Å². The first-order valence-electron chi connectivity index (χ1n) is 20.6. The molecule has 7 amide bonds. The number of hydrogen-bond acceptors (Lipinski definition) is 12. The van der Waals surface area contributed by atoms with Gasteiger partial charge in [-0.05, 0) is 36.5 Å². The van der Waals surface area contributed by atoms with E-state index in [1.54, 1.807) is 91.0 Å². The number of benzene rings is 3. The Morgan fingerprint density at radius 2 is 0.879 bits per heavy atom. The molecule has 0 fully saturated rings. The van der Waals surface area contributed by atoms with Crippen LogP contribution in [0.1, 0.15) is 49.3 Å². The zero-order valence-electron chi connectivity index (χ0n) is 35.8. The lowest BCUT2D eigenvalue weighted by atomic mass is 10.0. The van der Waals surface area contributed by atoms with E-state index in [0.29, 0.717) is 11.1 Å². The highest BCUT2D eigenvalue weighted by atomic mass is 16.4. The number of aliphatic hydroxyl groups is 1. The molecule has 0 spiro atoms. The lowest BCUT2D eigenvalue weighted by Crippen LogP contribution is -2.61. The number of rotatable bonds is 27. The molecule has 354 valence electrons. The number of carboxylic acids is 3. The van der Waals surface area contributed by atoms with Gasteiger partial charge in [-0.3, -0.25) is 43.2 Å². The van der Waals surface area contributed by atoms with E-state index in [4.69, 9.17) is 11.5 Å². The number of nitrogens with one attached hydrogen (secondary N) is 6. The summed E-state index contributed by atoms with van der Waals surface area (Å²) in [5.74, 6) is -12.4. The van der Waals surface area contributed by atoms with Crippen LogP contribution in [0.5, 0.6) is 0 Å². The Hall–Kier alpha value is -7.72. The topological polar surface area (TPSA) is 376 Å². The van der Waals surface area contributed by atoms with E-state index < -0.39 is 133 Å². The van der Waals surface area contributed by atoms with Crippen LogP contribution in [0, 0.1) is 0 Å². The quantitative estimate of drug-likeness (QED) is 0.0380. The summed E-state index contributed by atoms with van der Waals surface area (Å²) >= 11 is 0. The van der Waals surface area contributed by atoms with E-state index in [-0.39, 0.29) is 19.3 Å². The van der Waals surface area contributed by atoms with E-state index >= 15 is 0 Å². The molecular formula is C44H54N8O14. The molecule has 3 rings (SSSR count). The number of carbonyl (C=O) groups is 10. The molecule has 66 heavy (non-hydrogen) atoms. The largest absolute Gasteiger partial charge is 0.481 e. The van der Waals surface area contributed by atoms with Gasteiger partial charge in [0.25, 0.3) is 0 Å². The molecule has 0 aromatic heterocycles. The van der Waals surface area contributed by atoms with Gasteiger partial charge < -0.3 is 63.8 Å². The summed E-state index contributed by atoms with van der Waals surface area (Å²) in [5, 5.41) is 52.9. The lowest BCUT2D eigenvalue weighted by molar-refractivity contribution is -0.143. The maximum Gasteiger partial charge on any atom is 0.326 e. The average molecular weight is 919 g/mol. The highest BCUT2D eigenvalue weighted by molar-refractivity contribution is 5.99. The second-order valence-corrected chi connectivity index (χ2v) is 15.2. The molecule has 3 aromatic rings. The van der Waals surface area contributed by atoms with Gasteiger partial charge in [-0.25, -0.2) is 4.79 Å². The van der Waals surface area contributed by atoms with Gasteiger partial charge in [0.05, 0.1) is 25.0 Å². The van der Waals surface area contributed by atoms with Crippen molar-refractivity contribution in [3.63, 3.8) is 0 Å². The standard InChI is InChI=1S/C44H54N8O14/c1-24(53)37(52-38(59)28(45)19-25-11-5-2-6-12-25)43(64)50-30(20-26-13-7-3-8-14-26)40(61)48-31(22-34(46)54)41(62)47-29(17-18-35(55)56)39(60)49-32(23-36(57)58)42(63)51-33(44(65)66)21-27-15-9-4-10-16-27/h2-16,24,28-33,37,53H,17-23,45H2,1H3,(H2,46,54)(H,47,62)(H,48,61)(H,49,60)(H,50,64)(H,51,63)(H,52,59)(H,55,56)(H,57,58)(H,65,66)/t24-,28+,29+,30+,31+,32+,33+,37+/m1/s1. The summed E-state index contributed by atoms with van der Waals surface area (Å²) in [7, 11) is 0. The van der Waals surface area contributed by atoms with Gasteiger partial charge in [-0.15, -0.1) is 0 Å². The third-order valence-electron chi connectivity index (χ3n) is 9.84. The van der Waals surface area contributed by atoms with Crippen LogP contribution in [0.25, 0.3) is 0 Å². The minimum Gasteiger partial charge on any atom is -0.481 e. The van der Waals surface area contributed by atoms with Crippen LogP contribution < -0.4 is 43.4 Å². The number of aliphatic carboxylic acids is 3. The summed E-state index contributed by atoms with van der Waals surface area (Å²) in [5.41, 5.74) is 13.2. The number of amides is 7. The first kappa shape index (κ1) is 52.6. The molecule has 3 aromatic carbocycles. The van der Waals surface area contributed by atoms with E-state index in [2.05, 4.69) is 31.9 Å². The van der Waals surface area contributed by atoms with Crippen LogP contribution in [0.15, 0.2) is 91.0 Å². The second-order valence-electron chi connectivity index (χ2n) is 15.2. The number of aliphatic hydroxyl groups excluding tert-OH is 1. The van der Waals surface area contributed by atoms with Crippen LogP contribution in [0.4, 0.5) is 0 Å². The number of carbonyl (C=O) groups excluding carboxylic acids is 7. The lowest BCUT2D eigenvalue weighted by Gasteiger charge is -2.28. The van der Waals surface area contributed by atoms with Gasteiger partial charge in [0, 0.05) is 19.3 Å². The van der Waals surface area contributed by atoms with Crippen molar-refractivity contribution in [2.45, 2.75) is 100 Å². The van der Waals surface area contributed by atoms with Gasteiger partial charge in [-0.1, -0.05) is 91.0 Å². The molecule has 22 heteroatoms. The predicted octanol–water partition coefficient (Wildman–Crippen LogP) is -2.37. The number of nitrogens with two attached hydrogens (primary N) is 2. The van der Waals surface area contributed by atoms with Gasteiger partial charge in [0.2, 0.25) is 41.4 Å². The molecule has 0 unspecified atom stereocenters. The summed E-state index contributed by atoms with van der Waals surface area (Å²) in [4.78, 5) is 129. The van der Waals surface area contributed by atoms with Crippen molar-refractivity contribution in [1.82, 2.24) is 31.9 Å². The van der Waals surface area contributed by atoms with Crippen molar-refractivity contribution in [3.8, 4) is 0 Å². The van der Waals surface area contributed by atoms with Gasteiger partial charge >= 0.3 is 17.9 Å². The molecule has 0 saturated carbocycles. The molecule has 0 saturated heterocycles. The Balaban J connectivity index is 1.85. The minimum absolute atomic E-state index is 0.0860. The average Bonchev–Trinajstić information content (AvgIpc) is 3.26. The molecule has 0 heterocycles. The van der Waals surface area contributed by atoms with Crippen molar-refractivity contribution >= 4 is 59.3 Å². The maximum absolute atomic E-state index is 14.0. The summed E-state index contributed by atoms with van der Waals surface area (Å²) < 4.78 is 0. The number of hydrogen-bond donors (Lipinski definition) is 12. The molecule has 22 nitrogen and oxygen atoms in total. The second kappa shape index (κ2) is 26.2. The van der Waals surface area contributed by atoms with Gasteiger partial charge in [-0.2, -0.15) is 0 Å². The van der Waals surface area contributed by atoms with Crippen LogP contribution in [0.3, 0.4) is 0 Å². The van der Waals surface area contributed by atoms with E-state index in [9.17, 15) is 68.4 Å². The van der Waals surface area contributed by atoms with Crippen LogP contribution >= 0.6 is 0 Å². The van der Waals surface area contributed by atoms with Crippen molar-refractivity contribution in [2.75, 3.05) is 0 Å². The Kier molecular flexibility index (Phi) is 20.9. The molecule has 14 N–H and O–H groups in total. The maximum atomic E-state index is 14.0. The Bertz CT molecular complexity index is 2180. The van der Waals surface area contributed by atoms with E-state index in [1.165, 1.54) is 6.92 Å². The molecule has 0 radical (unpaired) electrons. The monoisotopic (exact) mass is 918 g/mol. The van der Waals surface area contributed by atoms with Crippen molar-refractivity contribution in [3.05, 3.63) is 108 Å². The fourth-order valence-corrected chi connectivity index (χ4v) is 6.42. The van der Waals surface area contributed by atoms with Crippen LogP contribution in [-0.2, 0) is 67.2 Å². The Morgan fingerprint density at radius 1 is 0.485 bits per heavy atom. The fourth-order valence-electron chi connectivity index (χ4n) is 6.42. The minimum atomic E-state index is -1.95. The first-order chi connectivity index (χ1) is 31.2. The van der Waals surface area contributed by atoms with Crippen molar-refractivity contribution in [2.24, 2.45) is 11.5 Å². The highest BCUT2D eigenvalue weighted by Gasteiger charge is 2.36. The normalized spacial score (nSPS) is 14.5. The zero-order valence-corrected chi connectivity index (χ0v) is 35.8. The zero-order chi connectivity index (χ0) is 48.9. The van der Waals surface area contributed by atoms with Gasteiger partial charge in [0.15, 0.2) is 0 Å². The number of primary amides is 1. The third-order valence-corrected chi connectivity index (χ3v) is 9.84. The van der Waals surface area contributed by atoms with Gasteiger partial charge in [0.1, 0.15) is 36.3 Å². The van der Waals surface area contributed by atoms with Crippen molar-refractivity contribution in [1.29, 1.82) is 0 Å². The fraction of sp³-hybridized carbons (Fsp3) is 0.364. The molecule has 8 atom stereocenters. The first-order valence-corrected chi connectivity index (χ1v) is 20.6. The highest BCUT2D eigenvalue weighted by Crippen LogP contribution is 2.10. The van der Waals surface area contributed by atoms with Crippen LogP contribution in [-0.4, -0.2) is 128 Å². The SMILES string of the molecule is C[C@@H](O)[C@H](NC(=O)[C@@H](N)Cc1ccccc1)C(=O)N[C@@H](Cc1ccccc1)C(=O)N[C@@H](CC(N)=O)C(=O)N[C@@H](CCC(=O)O)C(=O)N[C@@H](CC(=O)O)C(=O)N[C@@H](Cc1ccccc1)C(=O)O. The molecule has 0 bridgehead atoms. The van der Waals surface area contributed by atoms with E-state index in [1.807, 2.05) is 0 Å². The third kappa shape index (κ3) is 18.2. The molecule has 0 aliphatic rings. The molecular weight excluding hydrogens is 865 g/mol. The predicted molar refractivity (Wildman–Crippen MR) is 232 cm³/mol. The molecule has 0 aliphatic carbocycles. The number of carboxylic acid groups (broad SMARTS) is 3. The van der Waals surface area contributed by atoms with Crippen molar-refractivity contribution < 1.29 is 68.4 Å². The molecule has 0 aliphatic heterocycles. The summed E-state index contributed by atoms with van der Waals surface area (Å²) in [6, 6.07) is 13.3. The summed E-state index contributed by atoms with van der Waals surface area (Å²) in [6.07, 6.45) is -5.35.